The summed E-state index contributed by atoms with van der Waals surface area (Å²) < 4.78 is 48.2. The van der Waals surface area contributed by atoms with Gasteiger partial charge in [0.05, 0.1) is 11.8 Å². The molecule has 0 saturated carbocycles. The maximum Gasteiger partial charge on any atom is 0.374 e. The van der Waals surface area contributed by atoms with Crippen molar-refractivity contribution in [3.8, 4) is 5.75 Å². The number of aryl methyl sites for hydroxylation is 1. The van der Waals surface area contributed by atoms with Gasteiger partial charge in [-0.05, 0) is 44.5 Å². The molecule has 0 amide bonds. The monoisotopic (exact) mass is 446 g/mol. The highest BCUT2D eigenvalue weighted by atomic mass is 35.7. The number of ether oxygens (including phenoxy) is 1. The zero-order chi connectivity index (χ0) is 22.6. The summed E-state index contributed by atoms with van der Waals surface area (Å²) >= 11 is 0. The fourth-order valence-electron chi connectivity index (χ4n) is 3.40. The highest BCUT2D eigenvalue weighted by molar-refractivity contribution is 5.70. The Balaban J connectivity index is 0.000000491. The fraction of sp³-hybridized carbons (Fsp3) is 0.227. The third kappa shape index (κ3) is 5.63. The van der Waals surface area contributed by atoms with Gasteiger partial charge in [0.2, 0.25) is 11.5 Å². The molecule has 0 aliphatic carbocycles. The highest BCUT2D eigenvalue weighted by Crippen LogP contribution is 2.38. The van der Waals surface area contributed by atoms with Crippen molar-refractivity contribution in [1.29, 1.82) is 0 Å². The molecule has 2 aromatic carbocycles. The smallest absolute Gasteiger partial charge is 0.374 e. The van der Waals surface area contributed by atoms with E-state index in [1.807, 2.05) is 36.4 Å². The van der Waals surface area contributed by atoms with Crippen LogP contribution in [0.15, 0.2) is 70.5 Å². The van der Waals surface area contributed by atoms with E-state index < -0.39 is 10.2 Å². The molecule has 1 aromatic heterocycles. The molecular formula is C22H23ClN2O6. The highest BCUT2D eigenvalue weighted by Gasteiger charge is 2.25. The predicted octanol–water partition coefficient (Wildman–Crippen LogP) is 0.148. The summed E-state index contributed by atoms with van der Waals surface area (Å²) in [7, 11) is -4.94. The molecule has 1 aliphatic rings. The summed E-state index contributed by atoms with van der Waals surface area (Å²) in [5.41, 5.74) is 4.20. The molecule has 0 spiro atoms. The number of oxazole rings is 1. The van der Waals surface area contributed by atoms with E-state index in [4.69, 9.17) is 27.8 Å². The van der Waals surface area contributed by atoms with Crippen molar-refractivity contribution in [2.45, 2.75) is 27.3 Å². The van der Waals surface area contributed by atoms with Crippen molar-refractivity contribution < 1.29 is 42.6 Å². The Labute approximate surface area is 182 Å². The maximum absolute atomic E-state index is 8.49. The minimum atomic E-state index is -4.94. The Kier molecular flexibility index (Phi) is 6.99. The average Bonchev–Trinajstić information content (AvgIpc) is 3.22. The molecule has 3 aromatic rings. The molecule has 0 radical (unpaired) electrons. The summed E-state index contributed by atoms with van der Waals surface area (Å²) in [5, 5.41) is 0. The van der Waals surface area contributed by atoms with Crippen LogP contribution in [-0.4, -0.2) is 6.54 Å². The largest absolute Gasteiger partial charge is 0.439 e. The van der Waals surface area contributed by atoms with Gasteiger partial charge in [0, 0.05) is 18.7 Å². The zero-order valence-electron chi connectivity index (χ0n) is 17.4. The number of hydrogen-bond donors (Lipinski definition) is 0. The first-order valence-corrected chi connectivity index (χ1v) is 10.9. The van der Waals surface area contributed by atoms with Crippen molar-refractivity contribution in [3.05, 3.63) is 72.0 Å². The van der Waals surface area contributed by atoms with Crippen molar-refractivity contribution in [1.82, 2.24) is 0 Å². The summed E-state index contributed by atoms with van der Waals surface area (Å²) in [4.78, 5) is 2.18. The van der Waals surface area contributed by atoms with Gasteiger partial charge in [0.25, 0.3) is 5.52 Å². The Morgan fingerprint density at radius 2 is 1.68 bits per heavy atom. The molecule has 0 atom stereocenters. The predicted molar refractivity (Wildman–Crippen MR) is 104 cm³/mol. The molecule has 0 N–H and O–H groups in total. The van der Waals surface area contributed by atoms with Gasteiger partial charge < -0.3 is 14.1 Å². The lowest BCUT2D eigenvalue weighted by atomic mass is 10.2. The first kappa shape index (κ1) is 22.8. The van der Waals surface area contributed by atoms with Crippen LogP contribution in [0.5, 0.6) is 5.75 Å². The molecule has 0 fully saturated rings. The molecule has 0 bridgehead atoms. The van der Waals surface area contributed by atoms with Gasteiger partial charge in [-0.25, -0.2) is 18.6 Å². The summed E-state index contributed by atoms with van der Waals surface area (Å²) in [6, 6.07) is 16.2. The Morgan fingerprint density at radius 1 is 1.03 bits per heavy atom. The summed E-state index contributed by atoms with van der Waals surface area (Å²) in [6.45, 7) is 8.04. The molecule has 9 heteroatoms. The number of hydrogen-bond acceptors (Lipinski definition) is 7. The van der Waals surface area contributed by atoms with Crippen LogP contribution in [-0.2, 0) is 6.54 Å². The lowest BCUT2D eigenvalue weighted by Crippen LogP contribution is -2.68. The third-order valence-corrected chi connectivity index (χ3v) is 4.61. The van der Waals surface area contributed by atoms with Crippen LogP contribution in [0.1, 0.15) is 26.7 Å². The quantitative estimate of drug-likeness (QED) is 0.523. The number of benzene rings is 2. The van der Waals surface area contributed by atoms with Crippen LogP contribution < -0.4 is 32.8 Å². The fourth-order valence-corrected chi connectivity index (χ4v) is 3.40. The lowest BCUT2D eigenvalue weighted by Gasteiger charge is -2.17. The maximum atomic E-state index is 8.49. The number of aromatic nitrogens is 1. The topological polar surface area (TPSA) is 122 Å². The van der Waals surface area contributed by atoms with Crippen molar-refractivity contribution in [3.63, 3.8) is 0 Å². The number of fused-ring (bicyclic) bond motifs is 2. The van der Waals surface area contributed by atoms with Crippen LogP contribution in [0, 0.1) is 10.2 Å². The first-order chi connectivity index (χ1) is 14.7. The van der Waals surface area contributed by atoms with Gasteiger partial charge in [-0.3, -0.25) is 0 Å². The van der Waals surface area contributed by atoms with Crippen molar-refractivity contribution in [2.24, 2.45) is 0 Å². The van der Waals surface area contributed by atoms with Crippen LogP contribution in [0.3, 0.4) is 0 Å². The number of nitrogens with zero attached hydrogens (tertiary/aromatic N) is 2. The van der Waals surface area contributed by atoms with Crippen LogP contribution >= 0.6 is 0 Å². The standard InChI is InChI=1S/C22H23N2O2.ClHO4/c1-4-23-17-10-6-8-12-19(17)25-21(23)14-16(3)15-22-24(5-2)18-11-7-9-13-20(18)26-22;2-1(3,4)5/h6-15H,4-5H2,1-3H3;(H,2,3,4,5)/q+1;/p-1. The van der Waals surface area contributed by atoms with E-state index in [9.17, 15) is 0 Å². The van der Waals surface area contributed by atoms with E-state index in [-0.39, 0.29) is 0 Å². The Morgan fingerprint density at radius 3 is 2.35 bits per heavy atom. The second-order valence-electron chi connectivity index (χ2n) is 6.72. The van der Waals surface area contributed by atoms with E-state index in [1.54, 1.807) is 0 Å². The number of anilines is 1. The number of allylic oxidation sites excluding steroid dienone is 2. The molecular weight excluding hydrogens is 424 g/mol. The van der Waals surface area contributed by atoms with Crippen LogP contribution in [0.4, 0.5) is 5.69 Å². The number of para-hydroxylation sites is 4. The molecule has 2 heterocycles. The Bertz CT molecular complexity index is 1110. The minimum absolute atomic E-state index is 0.849. The number of rotatable bonds is 4. The first-order valence-electron chi connectivity index (χ1n) is 9.68. The second-order valence-corrected chi connectivity index (χ2v) is 7.47. The summed E-state index contributed by atoms with van der Waals surface area (Å²) in [5.74, 6) is 2.60. The number of halogens is 1. The van der Waals surface area contributed by atoms with Gasteiger partial charge >= 0.3 is 5.89 Å². The van der Waals surface area contributed by atoms with Crippen molar-refractivity contribution in [2.75, 3.05) is 11.4 Å². The molecule has 4 rings (SSSR count). The van der Waals surface area contributed by atoms with Gasteiger partial charge in [-0.1, -0.05) is 24.3 Å². The third-order valence-electron chi connectivity index (χ3n) is 4.61. The van der Waals surface area contributed by atoms with Gasteiger partial charge in [-0.2, -0.15) is 4.57 Å². The van der Waals surface area contributed by atoms with E-state index in [1.165, 1.54) is 0 Å². The molecule has 0 saturated heterocycles. The minimum Gasteiger partial charge on any atom is -0.439 e. The molecule has 164 valence electrons. The molecule has 8 nitrogen and oxygen atoms in total. The average molecular weight is 447 g/mol. The molecule has 1 aliphatic heterocycles. The van der Waals surface area contributed by atoms with E-state index in [0.717, 1.165) is 53.0 Å². The lowest BCUT2D eigenvalue weighted by molar-refractivity contribution is -2.00. The van der Waals surface area contributed by atoms with Crippen molar-refractivity contribution >= 4 is 22.9 Å². The molecule has 0 unspecified atom stereocenters. The van der Waals surface area contributed by atoms with E-state index in [0.29, 0.717) is 0 Å². The zero-order valence-corrected chi connectivity index (χ0v) is 18.2. The SMILES string of the molecule is CCN1/C(=C\C(C)=C\c2oc3ccccc3[n+]2CC)Oc2ccccc21.[O-][Cl+3]([O-])([O-])[O-]. The van der Waals surface area contributed by atoms with E-state index in [2.05, 4.69) is 54.5 Å². The molecule has 31 heavy (non-hydrogen) atoms. The van der Waals surface area contributed by atoms with Gasteiger partial charge in [0.1, 0.15) is 6.54 Å². The van der Waals surface area contributed by atoms with Crippen LogP contribution in [0.2, 0.25) is 0 Å². The van der Waals surface area contributed by atoms with Gasteiger partial charge in [0.15, 0.2) is 5.75 Å². The Hall–Kier alpha value is -2.88. The van der Waals surface area contributed by atoms with Gasteiger partial charge in [-0.15, -0.1) is 10.2 Å². The normalized spacial score (nSPS) is 15.0. The van der Waals surface area contributed by atoms with Crippen LogP contribution in [0.25, 0.3) is 17.2 Å². The van der Waals surface area contributed by atoms with E-state index >= 15 is 0 Å². The summed E-state index contributed by atoms with van der Waals surface area (Å²) in [6.07, 6.45) is 4.13. The second kappa shape index (κ2) is 9.51.